The van der Waals surface area contributed by atoms with Crippen molar-refractivity contribution in [3.63, 3.8) is 0 Å². The molecule has 0 aliphatic carbocycles. The number of methoxy groups -OCH3 is 1. The number of carbonyl (C=O) groups is 1. The van der Waals surface area contributed by atoms with Gasteiger partial charge in [0.05, 0.1) is 12.8 Å². The number of hydrogen-bond acceptors (Lipinski definition) is 4. The van der Waals surface area contributed by atoms with Crippen LogP contribution in [0.1, 0.15) is 43.0 Å². The average molecular weight is 395 g/mol. The van der Waals surface area contributed by atoms with Crippen LogP contribution in [0.25, 0.3) is 0 Å². The van der Waals surface area contributed by atoms with Crippen LogP contribution in [0.4, 0.5) is 5.69 Å². The number of anilines is 1. The van der Waals surface area contributed by atoms with Gasteiger partial charge in [0.25, 0.3) is 5.91 Å². The summed E-state index contributed by atoms with van der Waals surface area (Å²) in [6.45, 7) is 5.70. The van der Waals surface area contributed by atoms with Crippen LogP contribution in [0.5, 0.6) is 11.5 Å². The third-order valence-corrected chi connectivity index (χ3v) is 6.16. The highest BCUT2D eigenvalue weighted by atomic mass is 16.5. The lowest BCUT2D eigenvalue weighted by molar-refractivity contribution is 0.00241. The van der Waals surface area contributed by atoms with E-state index in [4.69, 9.17) is 9.47 Å². The van der Waals surface area contributed by atoms with Crippen molar-refractivity contribution < 1.29 is 14.3 Å². The molecule has 0 radical (unpaired) electrons. The second-order valence-corrected chi connectivity index (χ2v) is 8.01. The molecule has 1 spiro atoms. The van der Waals surface area contributed by atoms with Gasteiger partial charge in [0.15, 0.2) is 0 Å². The number of benzene rings is 2. The van der Waals surface area contributed by atoms with Gasteiger partial charge < -0.3 is 19.3 Å². The summed E-state index contributed by atoms with van der Waals surface area (Å²) in [7, 11) is 1.63. The Morgan fingerprint density at radius 2 is 1.72 bits per heavy atom. The van der Waals surface area contributed by atoms with Gasteiger partial charge in [0.1, 0.15) is 17.1 Å². The summed E-state index contributed by atoms with van der Waals surface area (Å²) in [4.78, 5) is 17.3. The van der Waals surface area contributed by atoms with Crippen LogP contribution < -0.4 is 14.4 Å². The third-order valence-electron chi connectivity index (χ3n) is 6.16. The molecular weight excluding hydrogens is 364 g/mol. The van der Waals surface area contributed by atoms with Gasteiger partial charge in [-0.3, -0.25) is 4.79 Å². The molecule has 0 aromatic heterocycles. The predicted molar refractivity (Wildman–Crippen MR) is 115 cm³/mol. The number of likely N-dealkylation sites (tertiary alicyclic amines) is 1. The second-order valence-electron chi connectivity index (χ2n) is 8.01. The third kappa shape index (κ3) is 4.04. The SMILES string of the molecule is CCCN1CCC2(CCN(C(=O)c3ccc(OC)cc3)CC2)Oc2ccccc21. The smallest absolute Gasteiger partial charge is 0.253 e. The summed E-state index contributed by atoms with van der Waals surface area (Å²) in [6, 6.07) is 15.7. The van der Waals surface area contributed by atoms with Gasteiger partial charge >= 0.3 is 0 Å². The molecule has 1 amide bonds. The lowest BCUT2D eigenvalue weighted by Crippen LogP contribution is -2.50. The molecule has 0 unspecified atom stereocenters. The second kappa shape index (κ2) is 8.36. The van der Waals surface area contributed by atoms with Gasteiger partial charge in [-0.2, -0.15) is 0 Å². The van der Waals surface area contributed by atoms with E-state index in [0.717, 1.165) is 63.4 Å². The molecule has 5 heteroatoms. The highest BCUT2D eigenvalue weighted by Crippen LogP contribution is 2.40. The largest absolute Gasteiger partial charge is 0.497 e. The van der Waals surface area contributed by atoms with Crippen LogP contribution >= 0.6 is 0 Å². The first-order chi connectivity index (χ1) is 14.1. The minimum atomic E-state index is -0.185. The minimum absolute atomic E-state index is 0.0872. The fourth-order valence-corrected chi connectivity index (χ4v) is 4.44. The Hall–Kier alpha value is -2.69. The van der Waals surface area contributed by atoms with Crippen LogP contribution in [-0.4, -0.2) is 49.7 Å². The van der Waals surface area contributed by atoms with Crippen LogP contribution in [0.15, 0.2) is 48.5 Å². The number of fused-ring (bicyclic) bond motifs is 1. The van der Waals surface area contributed by atoms with Crippen LogP contribution in [-0.2, 0) is 0 Å². The molecule has 2 aromatic carbocycles. The number of amides is 1. The first kappa shape index (κ1) is 19.6. The standard InChI is InChI=1S/C24H30N2O3/c1-3-15-25-16-12-24(29-22-7-5-4-6-21(22)25)13-17-26(18-14-24)23(27)19-8-10-20(28-2)11-9-19/h4-11H,3,12-18H2,1-2H3. The Balaban J connectivity index is 1.46. The molecule has 0 saturated carbocycles. The van der Waals surface area contributed by atoms with E-state index in [1.54, 1.807) is 7.11 Å². The van der Waals surface area contributed by atoms with E-state index in [1.165, 1.54) is 5.69 Å². The lowest BCUT2D eigenvalue weighted by Gasteiger charge is -2.41. The van der Waals surface area contributed by atoms with Crippen LogP contribution in [0, 0.1) is 0 Å². The fourth-order valence-electron chi connectivity index (χ4n) is 4.44. The van der Waals surface area contributed by atoms with Crippen molar-refractivity contribution >= 4 is 11.6 Å². The number of piperidine rings is 1. The highest BCUT2D eigenvalue weighted by Gasteiger charge is 2.40. The van der Waals surface area contributed by atoms with E-state index in [-0.39, 0.29) is 11.5 Å². The molecule has 2 aliphatic heterocycles. The highest BCUT2D eigenvalue weighted by molar-refractivity contribution is 5.94. The molecular formula is C24H30N2O3. The number of carbonyl (C=O) groups excluding carboxylic acids is 1. The van der Waals surface area contributed by atoms with E-state index >= 15 is 0 Å². The molecule has 0 atom stereocenters. The summed E-state index contributed by atoms with van der Waals surface area (Å²) in [5.41, 5.74) is 1.72. The van der Waals surface area contributed by atoms with E-state index < -0.39 is 0 Å². The van der Waals surface area contributed by atoms with Gasteiger partial charge in [0.2, 0.25) is 0 Å². The number of hydrogen-bond donors (Lipinski definition) is 0. The first-order valence-electron chi connectivity index (χ1n) is 10.6. The Bertz CT molecular complexity index is 841. The zero-order chi connectivity index (χ0) is 20.3. The zero-order valence-electron chi connectivity index (χ0n) is 17.4. The maximum Gasteiger partial charge on any atom is 0.253 e. The van der Waals surface area contributed by atoms with E-state index in [2.05, 4.69) is 30.0 Å². The quantitative estimate of drug-likeness (QED) is 0.772. The number of rotatable bonds is 4. The molecule has 0 N–H and O–H groups in total. The van der Waals surface area contributed by atoms with Crippen molar-refractivity contribution in [2.24, 2.45) is 0 Å². The fraction of sp³-hybridized carbons (Fsp3) is 0.458. The predicted octanol–water partition coefficient (Wildman–Crippen LogP) is 4.37. The van der Waals surface area contributed by atoms with Crippen molar-refractivity contribution in [3.8, 4) is 11.5 Å². The minimum Gasteiger partial charge on any atom is -0.497 e. The van der Waals surface area contributed by atoms with E-state index in [0.29, 0.717) is 5.56 Å². The Morgan fingerprint density at radius 3 is 2.41 bits per heavy atom. The van der Waals surface area contributed by atoms with Crippen molar-refractivity contribution in [1.82, 2.24) is 4.90 Å². The molecule has 1 fully saturated rings. The summed E-state index contributed by atoms with van der Waals surface area (Å²) >= 11 is 0. The van der Waals surface area contributed by atoms with Gasteiger partial charge in [-0.15, -0.1) is 0 Å². The normalized spacial score (nSPS) is 18.0. The summed E-state index contributed by atoms with van der Waals surface area (Å²) in [6.07, 6.45) is 3.84. The molecule has 154 valence electrons. The van der Waals surface area contributed by atoms with E-state index in [9.17, 15) is 4.79 Å². The molecule has 0 bridgehead atoms. The maximum absolute atomic E-state index is 12.9. The van der Waals surface area contributed by atoms with Gasteiger partial charge in [-0.1, -0.05) is 19.1 Å². The number of ether oxygens (including phenoxy) is 2. The van der Waals surface area contributed by atoms with Crippen molar-refractivity contribution in [2.75, 3.05) is 38.2 Å². The Morgan fingerprint density at radius 1 is 1.03 bits per heavy atom. The molecule has 5 nitrogen and oxygen atoms in total. The first-order valence-corrected chi connectivity index (χ1v) is 10.6. The van der Waals surface area contributed by atoms with Gasteiger partial charge in [0, 0.05) is 51.0 Å². The molecule has 2 heterocycles. The number of nitrogens with zero attached hydrogens (tertiary/aromatic N) is 2. The monoisotopic (exact) mass is 394 g/mol. The summed E-state index contributed by atoms with van der Waals surface area (Å²) in [5, 5.41) is 0. The molecule has 4 rings (SSSR count). The maximum atomic E-state index is 12.9. The average Bonchev–Trinajstić information content (AvgIpc) is 2.91. The summed E-state index contributed by atoms with van der Waals surface area (Å²) in [5.74, 6) is 1.83. The van der Waals surface area contributed by atoms with Gasteiger partial charge in [-0.25, -0.2) is 0 Å². The van der Waals surface area contributed by atoms with Crippen molar-refractivity contribution in [2.45, 2.75) is 38.2 Å². The van der Waals surface area contributed by atoms with Crippen LogP contribution in [0.3, 0.4) is 0 Å². The van der Waals surface area contributed by atoms with Gasteiger partial charge in [-0.05, 0) is 42.8 Å². The molecule has 2 aromatic rings. The summed E-state index contributed by atoms with van der Waals surface area (Å²) < 4.78 is 11.8. The number of para-hydroxylation sites is 2. The zero-order valence-corrected chi connectivity index (χ0v) is 17.4. The molecule has 29 heavy (non-hydrogen) atoms. The van der Waals surface area contributed by atoms with Crippen LogP contribution in [0.2, 0.25) is 0 Å². The molecule has 2 aliphatic rings. The Kier molecular flexibility index (Phi) is 5.65. The topological polar surface area (TPSA) is 42.0 Å². The van der Waals surface area contributed by atoms with E-state index in [1.807, 2.05) is 35.2 Å². The molecule has 1 saturated heterocycles. The lowest BCUT2D eigenvalue weighted by atomic mass is 9.87. The Labute approximate surface area is 173 Å². The van der Waals surface area contributed by atoms with Crippen molar-refractivity contribution in [3.05, 3.63) is 54.1 Å². The van der Waals surface area contributed by atoms with Crippen molar-refractivity contribution in [1.29, 1.82) is 0 Å².